The molecular formula is C19H16N4O4S2. The van der Waals surface area contributed by atoms with Crippen molar-refractivity contribution in [3.05, 3.63) is 58.1 Å². The molecule has 1 fully saturated rings. The van der Waals surface area contributed by atoms with Crippen molar-refractivity contribution < 1.29 is 14.5 Å². The summed E-state index contributed by atoms with van der Waals surface area (Å²) in [6.07, 6.45) is 2.11. The van der Waals surface area contributed by atoms with Gasteiger partial charge in [-0.3, -0.25) is 19.7 Å². The molecule has 1 saturated carbocycles. The van der Waals surface area contributed by atoms with Gasteiger partial charge in [-0.05, 0) is 37.1 Å². The monoisotopic (exact) mass is 428 g/mol. The minimum atomic E-state index is -0.579. The van der Waals surface area contributed by atoms with Crippen LogP contribution in [0.15, 0.2) is 46.8 Å². The van der Waals surface area contributed by atoms with Gasteiger partial charge in [0.2, 0.25) is 5.91 Å². The number of fused-ring (bicyclic) bond motifs is 1. The summed E-state index contributed by atoms with van der Waals surface area (Å²) in [6.45, 7) is 0. The summed E-state index contributed by atoms with van der Waals surface area (Å²) < 4.78 is 1.63. The summed E-state index contributed by atoms with van der Waals surface area (Å²) >= 11 is 2.81. The second-order valence-corrected chi connectivity index (χ2v) is 8.77. The van der Waals surface area contributed by atoms with Gasteiger partial charge in [-0.25, -0.2) is 4.98 Å². The standard InChI is InChI=1S/C19H16N4O4S2/c24-17(20-11-5-6-11)10-28-19-22-14-8-7-12(9-16(14)29-19)21-18(25)13-3-1-2-4-15(13)23(26)27/h1-4,7-9,11H,5-6,10H2,(H,20,24)(H,21,25). The highest BCUT2D eigenvalue weighted by Crippen LogP contribution is 2.31. The molecule has 0 radical (unpaired) electrons. The van der Waals surface area contributed by atoms with Crippen LogP contribution in [-0.2, 0) is 4.79 Å². The van der Waals surface area contributed by atoms with Crippen molar-refractivity contribution in [1.29, 1.82) is 0 Å². The van der Waals surface area contributed by atoms with Crippen molar-refractivity contribution >= 4 is 56.5 Å². The number of hydrogen-bond acceptors (Lipinski definition) is 7. The van der Waals surface area contributed by atoms with Crippen molar-refractivity contribution in [3.8, 4) is 0 Å². The smallest absolute Gasteiger partial charge is 0.282 e. The normalized spacial score (nSPS) is 13.2. The lowest BCUT2D eigenvalue weighted by Crippen LogP contribution is -2.26. The third-order valence-electron chi connectivity index (χ3n) is 4.24. The number of rotatable bonds is 7. The first-order valence-electron chi connectivity index (χ1n) is 8.87. The van der Waals surface area contributed by atoms with Crippen molar-refractivity contribution in [2.75, 3.05) is 11.1 Å². The van der Waals surface area contributed by atoms with Crippen molar-refractivity contribution in [1.82, 2.24) is 10.3 Å². The number of nitro benzene ring substituents is 1. The Morgan fingerprint density at radius 3 is 2.79 bits per heavy atom. The highest BCUT2D eigenvalue weighted by Gasteiger charge is 2.23. The number of para-hydroxylation sites is 1. The van der Waals surface area contributed by atoms with E-state index in [9.17, 15) is 19.7 Å². The fourth-order valence-corrected chi connectivity index (χ4v) is 4.61. The Labute approximate surface area is 173 Å². The van der Waals surface area contributed by atoms with E-state index in [2.05, 4.69) is 15.6 Å². The Balaban J connectivity index is 1.45. The van der Waals surface area contributed by atoms with Crippen LogP contribution in [0.4, 0.5) is 11.4 Å². The van der Waals surface area contributed by atoms with Crippen LogP contribution >= 0.6 is 23.1 Å². The van der Waals surface area contributed by atoms with E-state index in [1.165, 1.54) is 41.3 Å². The average molecular weight is 428 g/mol. The second kappa shape index (κ2) is 8.18. The van der Waals surface area contributed by atoms with E-state index >= 15 is 0 Å². The zero-order chi connectivity index (χ0) is 20.4. The van der Waals surface area contributed by atoms with Crippen LogP contribution in [0.1, 0.15) is 23.2 Å². The molecular weight excluding hydrogens is 412 g/mol. The third-order valence-corrected chi connectivity index (χ3v) is 6.40. The number of carbonyl (C=O) groups excluding carboxylic acids is 2. The van der Waals surface area contributed by atoms with Crippen LogP contribution in [-0.4, -0.2) is 33.5 Å². The Morgan fingerprint density at radius 1 is 1.24 bits per heavy atom. The van der Waals surface area contributed by atoms with Crippen LogP contribution in [0.5, 0.6) is 0 Å². The minimum Gasteiger partial charge on any atom is -0.353 e. The van der Waals surface area contributed by atoms with Crippen molar-refractivity contribution in [2.45, 2.75) is 23.2 Å². The lowest BCUT2D eigenvalue weighted by atomic mass is 10.1. The lowest BCUT2D eigenvalue weighted by molar-refractivity contribution is -0.385. The highest BCUT2D eigenvalue weighted by atomic mass is 32.2. The molecule has 0 aliphatic heterocycles. The predicted octanol–water partition coefficient (Wildman–Crippen LogP) is 3.83. The number of nitro groups is 1. The summed E-state index contributed by atoms with van der Waals surface area (Å²) in [5.41, 5.74) is 1.04. The zero-order valence-corrected chi connectivity index (χ0v) is 16.7. The largest absolute Gasteiger partial charge is 0.353 e. The maximum atomic E-state index is 12.5. The number of anilines is 1. The maximum absolute atomic E-state index is 12.5. The van der Waals surface area contributed by atoms with E-state index in [1.807, 2.05) is 0 Å². The molecule has 1 aromatic heterocycles. The quantitative estimate of drug-likeness (QED) is 0.336. The van der Waals surface area contributed by atoms with Crippen LogP contribution in [0, 0.1) is 10.1 Å². The number of benzene rings is 2. The first-order valence-corrected chi connectivity index (χ1v) is 10.7. The first-order chi connectivity index (χ1) is 14.0. The molecule has 2 aromatic carbocycles. The minimum absolute atomic E-state index is 0.000166. The molecule has 4 rings (SSSR count). The molecule has 1 aliphatic carbocycles. The number of thiazole rings is 1. The molecule has 29 heavy (non-hydrogen) atoms. The van der Waals surface area contributed by atoms with E-state index in [-0.39, 0.29) is 17.2 Å². The maximum Gasteiger partial charge on any atom is 0.282 e. The van der Waals surface area contributed by atoms with Crippen molar-refractivity contribution in [2.24, 2.45) is 0 Å². The van der Waals surface area contributed by atoms with Gasteiger partial charge in [-0.15, -0.1) is 11.3 Å². The molecule has 0 atom stereocenters. The zero-order valence-electron chi connectivity index (χ0n) is 15.1. The molecule has 1 aliphatic rings. The highest BCUT2D eigenvalue weighted by molar-refractivity contribution is 8.01. The SMILES string of the molecule is O=C(CSc1nc2ccc(NC(=O)c3ccccc3[N+](=O)[O-])cc2s1)NC1CC1. The van der Waals surface area contributed by atoms with Crippen molar-refractivity contribution in [3.63, 3.8) is 0 Å². The van der Waals surface area contributed by atoms with Gasteiger partial charge in [0.15, 0.2) is 4.34 Å². The fourth-order valence-electron chi connectivity index (χ4n) is 2.69. The van der Waals surface area contributed by atoms with Crippen LogP contribution in [0.3, 0.4) is 0 Å². The topological polar surface area (TPSA) is 114 Å². The third kappa shape index (κ3) is 4.72. The Hall–Kier alpha value is -2.98. The fraction of sp³-hybridized carbons (Fsp3) is 0.211. The summed E-state index contributed by atoms with van der Waals surface area (Å²) in [5.74, 6) is -0.223. The summed E-state index contributed by atoms with van der Waals surface area (Å²) in [7, 11) is 0. The van der Waals surface area contributed by atoms with Gasteiger partial charge in [0, 0.05) is 17.8 Å². The number of hydrogen-bond donors (Lipinski definition) is 2. The number of amides is 2. The summed E-state index contributed by atoms with van der Waals surface area (Å²) in [6, 6.07) is 11.4. The Kier molecular flexibility index (Phi) is 5.45. The van der Waals surface area contributed by atoms with Gasteiger partial charge < -0.3 is 10.6 Å². The first kappa shape index (κ1) is 19.3. The number of carbonyl (C=O) groups is 2. The molecule has 3 aromatic rings. The number of nitrogens with one attached hydrogen (secondary N) is 2. The molecule has 2 amide bonds. The molecule has 0 unspecified atom stereocenters. The molecule has 0 bridgehead atoms. The molecule has 1 heterocycles. The van der Waals surface area contributed by atoms with Gasteiger partial charge in [0.05, 0.1) is 20.9 Å². The number of thioether (sulfide) groups is 1. The van der Waals surface area contributed by atoms with E-state index in [0.29, 0.717) is 17.5 Å². The molecule has 10 heteroatoms. The van der Waals surface area contributed by atoms with Gasteiger partial charge in [-0.2, -0.15) is 0 Å². The molecule has 0 spiro atoms. The molecule has 2 N–H and O–H groups in total. The van der Waals surface area contributed by atoms with Gasteiger partial charge >= 0.3 is 0 Å². The van der Waals surface area contributed by atoms with Crippen LogP contribution in [0.25, 0.3) is 10.2 Å². The summed E-state index contributed by atoms with van der Waals surface area (Å²) in [5, 5.41) is 16.8. The van der Waals surface area contributed by atoms with Crippen LogP contribution < -0.4 is 10.6 Å². The number of nitrogens with zero attached hydrogens (tertiary/aromatic N) is 2. The van der Waals surface area contributed by atoms with Crippen LogP contribution in [0.2, 0.25) is 0 Å². The van der Waals surface area contributed by atoms with E-state index in [0.717, 1.165) is 27.4 Å². The Morgan fingerprint density at radius 2 is 2.03 bits per heavy atom. The number of aromatic nitrogens is 1. The Bertz CT molecular complexity index is 1110. The van der Waals surface area contributed by atoms with E-state index in [4.69, 9.17) is 0 Å². The predicted molar refractivity (Wildman–Crippen MR) is 113 cm³/mol. The molecule has 8 nitrogen and oxygen atoms in total. The summed E-state index contributed by atoms with van der Waals surface area (Å²) in [4.78, 5) is 39.3. The van der Waals surface area contributed by atoms with Gasteiger partial charge in [0.25, 0.3) is 11.6 Å². The van der Waals surface area contributed by atoms with E-state index < -0.39 is 10.8 Å². The van der Waals surface area contributed by atoms with E-state index in [1.54, 1.807) is 24.3 Å². The second-order valence-electron chi connectivity index (χ2n) is 6.52. The molecule has 0 saturated heterocycles. The lowest BCUT2D eigenvalue weighted by Gasteiger charge is -2.05. The van der Waals surface area contributed by atoms with Gasteiger partial charge in [-0.1, -0.05) is 23.9 Å². The van der Waals surface area contributed by atoms with Gasteiger partial charge in [0.1, 0.15) is 5.56 Å². The average Bonchev–Trinajstić information content (AvgIpc) is 3.42. The molecule has 148 valence electrons.